The van der Waals surface area contributed by atoms with Gasteiger partial charge in [-0.3, -0.25) is 35.0 Å². The Balaban J connectivity index is 0.000000115. The summed E-state index contributed by atoms with van der Waals surface area (Å²) in [6, 6.07) is 27.2. The number of H-pyrrole nitrogens is 3. The zero-order valence-electron chi connectivity index (χ0n) is 48.5. The molecule has 0 aliphatic carbocycles. The fourth-order valence-corrected chi connectivity index (χ4v) is 12.6. The third kappa shape index (κ3) is 11.6. The van der Waals surface area contributed by atoms with E-state index >= 15 is 0 Å². The van der Waals surface area contributed by atoms with Crippen molar-refractivity contribution < 1.29 is 19.0 Å². The molecule has 16 rings (SSSR count). The minimum absolute atomic E-state index is 0.136. The van der Waals surface area contributed by atoms with Gasteiger partial charge in [0.2, 0.25) is 5.91 Å². The van der Waals surface area contributed by atoms with Gasteiger partial charge in [0.25, 0.3) is 0 Å². The molecule has 4 saturated heterocycles. The van der Waals surface area contributed by atoms with Crippen LogP contribution in [0.5, 0.6) is 0 Å². The second-order valence-electron chi connectivity index (χ2n) is 22.3. The number of piperidine rings is 1. The number of para-hydroxylation sites is 1. The van der Waals surface area contributed by atoms with Crippen molar-refractivity contribution in [2.75, 3.05) is 141 Å². The number of nitrogens with one attached hydrogen (secondary N) is 3. The van der Waals surface area contributed by atoms with Crippen LogP contribution in [0.15, 0.2) is 128 Å². The fourth-order valence-electron chi connectivity index (χ4n) is 12.6. The third-order valence-electron chi connectivity index (χ3n) is 17.1. The highest BCUT2D eigenvalue weighted by Gasteiger charge is 2.29. The second-order valence-corrected chi connectivity index (χ2v) is 22.3. The molecule has 4 fully saturated rings. The number of aromatic nitrogens is 12. The number of hydrogen-bond acceptors (Lipinski definition) is 19. The summed E-state index contributed by atoms with van der Waals surface area (Å²) in [5, 5.41) is 24.6. The van der Waals surface area contributed by atoms with Crippen molar-refractivity contribution in [3.05, 3.63) is 134 Å². The van der Waals surface area contributed by atoms with Gasteiger partial charge in [-0.25, -0.2) is 15.0 Å². The molecule has 23 nitrogen and oxygen atoms in total. The number of morpholine rings is 3. The minimum atomic E-state index is -0.230. The molecular weight excluding hydrogens is 1100 g/mol. The molecule has 0 bridgehead atoms. The molecule has 10 aromatic rings. The molecule has 9 aromatic heterocycles. The first-order valence-corrected chi connectivity index (χ1v) is 30.2. The summed E-state index contributed by atoms with van der Waals surface area (Å²) >= 11 is 0. The summed E-state index contributed by atoms with van der Waals surface area (Å²) in [5.74, 6) is 2.49. The van der Waals surface area contributed by atoms with Crippen LogP contribution in [0.4, 0.5) is 40.2 Å². The zero-order valence-corrected chi connectivity index (χ0v) is 48.5. The van der Waals surface area contributed by atoms with Gasteiger partial charge < -0.3 is 49.3 Å². The second kappa shape index (κ2) is 25.2. The van der Waals surface area contributed by atoms with Gasteiger partial charge in [-0.15, -0.1) is 0 Å². The first kappa shape index (κ1) is 55.3. The van der Waals surface area contributed by atoms with E-state index in [2.05, 4.69) is 142 Å². The number of fused-ring (bicyclic) bond motifs is 4. The molecule has 0 spiro atoms. The maximum Gasteiger partial charge on any atom is 0.222 e. The SMILES string of the molecule is C1=CCN(c2cc(N3CCOCC3)nc3c(-c4ccn[nH]4)nccc23)C1.NC(=O)C1CCCN(c2cc(N3CCOCC3)nc3c(-c4ccn[nH]4)nccc23)C1.c1ccc2c(c1)CCCN2c1cc(N2CCOCC2)nc2c(-c3ccn[nH]3)nccc12. The van der Waals surface area contributed by atoms with Crippen LogP contribution >= 0.6 is 0 Å². The Kier molecular flexibility index (Phi) is 16.0. The highest BCUT2D eigenvalue weighted by molar-refractivity contribution is 6.03. The van der Waals surface area contributed by atoms with E-state index < -0.39 is 0 Å². The molecule has 5 N–H and O–H groups in total. The van der Waals surface area contributed by atoms with E-state index in [1.807, 2.05) is 36.7 Å². The summed E-state index contributed by atoms with van der Waals surface area (Å²) in [7, 11) is 0. The molecule has 1 amide bonds. The summed E-state index contributed by atoms with van der Waals surface area (Å²) in [6.45, 7) is 13.6. The number of rotatable bonds is 10. The third-order valence-corrected chi connectivity index (χ3v) is 17.1. The van der Waals surface area contributed by atoms with Gasteiger partial charge in [0.15, 0.2) is 0 Å². The molecule has 1 aromatic carbocycles. The van der Waals surface area contributed by atoms with Crippen molar-refractivity contribution in [3.8, 4) is 34.2 Å². The Bertz CT molecular complexity index is 4020. The van der Waals surface area contributed by atoms with Crippen LogP contribution in [-0.4, -0.2) is 178 Å². The van der Waals surface area contributed by atoms with Gasteiger partial charge in [0.1, 0.15) is 51.1 Å². The van der Waals surface area contributed by atoms with E-state index in [-0.39, 0.29) is 11.8 Å². The van der Waals surface area contributed by atoms with Crippen molar-refractivity contribution in [2.24, 2.45) is 11.7 Å². The average Bonchev–Trinajstić information content (AvgIpc) is 2.06. The van der Waals surface area contributed by atoms with Crippen LogP contribution in [-0.2, 0) is 25.4 Å². The number of pyridine rings is 6. The Labute approximate surface area is 502 Å². The van der Waals surface area contributed by atoms with Crippen LogP contribution in [0.1, 0.15) is 24.8 Å². The number of aryl methyl sites for hydroxylation is 1. The molecule has 0 saturated carbocycles. The Morgan fingerprint density at radius 2 is 0.920 bits per heavy atom. The lowest BCUT2D eigenvalue weighted by molar-refractivity contribution is -0.122. The Hall–Kier alpha value is -9.58. The normalized spacial score (nSPS) is 18.0. The van der Waals surface area contributed by atoms with Crippen LogP contribution in [0.2, 0.25) is 0 Å². The van der Waals surface area contributed by atoms with Gasteiger partial charge in [-0.1, -0.05) is 30.4 Å². The van der Waals surface area contributed by atoms with E-state index in [4.69, 9.17) is 34.9 Å². The summed E-state index contributed by atoms with van der Waals surface area (Å²) < 4.78 is 16.6. The van der Waals surface area contributed by atoms with Crippen molar-refractivity contribution in [3.63, 3.8) is 0 Å². The Morgan fingerprint density at radius 1 is 0.471 bits per heavy atom. The van der Waals surface area contributed by atoms with Gasteiger partial charge in [0, 0.05) is 155 Å². The van der Waals surface area contributed by atoms with Crippen molar-refractivity contribution in [1.29, 1.82) is 0 Å². The van der Waals surface area contributed by atoms with Crippen LogP contribution in [0, 0.1) is 5.92 Å². The molecule has 1 unspecified atom stereocenters. The molecule has 1 atom stereocenters. The summed E-state index contributed by atoms with van der Waals surface area (Å²) in [5.41, 5.74) is 19.4. The number of benzene rings is 1. The number of primary amides is 1. The molecule has 23 heteroatoms. The molecule has 87 heavy (non-hydrogen) atoms. The largest absolute Gasteiger partial charge is 0.378 e. The highest BCUT2D eigenvalue weighted by Crippen LogP contribution is 2.42. The maximum absolute atomic E-state index is 11.9. The molecule has 444 valence electrons. The maximum atomic E-state index is 11.9. The minimum Gasteiger partial charge on any atom is -0.378 e. The molecule has 6 aliphatic rings. The fraction of sp³-hybridized carbons (Fsp3) is 0.344. The summed E-state index contributed by atoms with van der Waals surface area (Å²) in [6.07, 6.45) is 19.2. The quantitative estimate of drug-likeness (QED) is 0.0956. The Morgan fingerprint density at radius 3 is 1.38 bits per heavy atom. The highest BCUT2D eigenvalue weighted by atomic mass is 16.5. The molecular formula is C64H69N19O4. The zero-order chi connectivity index (χ0) is 58.5. The van der Waals surface area contributed by atoms with E-state index in [1.165, 1.54) is 22.6 Å². The van der Waals surface area contributed by atoms with Crippen LogP contribution in [0.25, 0.3) is 66.9 Å². The molecule has 15 heterocycles. The number of carbonyl (C=O) groups excluding carboxylic acids is 1. The standard InChI is InChI=1S/C24H24N6O.C21H25N7O2.C19H20N6O/c1-2-6-20-17(4-1)5-3-11-30(20)21-16-22(29-12-14-31-15-13-29)27-23-18(21)7-9-25-24(23)19-8-10-26-28-19;22-21(29)14-2-1-7-28(13-14)17-12-18(27-8-10-30-11-9-27)25-19-15(17)3-5-23-20(19)16-4-6-24-26-16;1-2-8-24(7-1)16-13-17(25-9-11-26-12-10-25)22-18-14(16)3-5-20-19(18)15-4-6-21-23-15/h1-2,4,6-10,16H,3,5,11-15H2,(H,26,28);3-6,12,14H,1-2,7-11,13H2,(H2,22,29)(H,24,26);1-6,13H,7-12H2,(H,21,23). The number of amides is 1. The van der Waals surface area contributed by atoms with Crippen molar-refractivity contribution in [1.82, 2.24) is 60.5 Å². The van der Waals surface area contributed by atoms with Crippen LogP contribution in [0.3, 0.4) is 0 Å². The lowest BCUT2D eigenvalue weighted by Gasteiger charge is -2.35. The average molecular weight is 1170 g/mol. The van der Waals surface area contributed by atoms with E-state index in [9.17, 15) is 4.79 Å². The van der Waals surface area contributed by atoms with E-state index in [0.717, 1.165) is 208 Å². The number of carbonyl (C=O) groups is 1. The van der Waals surface area contributed by atoms with Crippen molar-refractivity contribution in [2.45, 2.75) is 25.7 Å². The topological polar surface area (TPSA) is 254 Å². The predicted octanol–water partition coefficient (Wildman–Crippen LogP) is 7.73. The van der Waals surface area contributed by atoms with Crippen LogP contribution < -0.4 is 35.1 Å². The monoisotopic (exact) mass is 1170 g/mol. The smallest absolute Gasteiger partial charge is 0.222 e. The lowest BCUT2D eigenvalue weighted by Crippen LogP contribution is -2.41. The lowest BCUT2D eigenvalue weighted by atomic mass is 9.96. The molecule has 0 radical (unpaired) electrons. The number of nitrogens with zero attached hydrogens (tertiary/aromatic N) is 15. The first-order chi connectivity index (χ1) is 43.0. The van der Waals surface area contributed by atoms with Gasteiger partial charge in [0.05, 0.1) is 74.0 Å². The first-order valence-electron chi connectivity index (χ1n) is 30.2. The number of hydrogen-bond donors (Lipinski definition) is 4. The van der Waals surface area contributed by atoms with Crippen molar-refractivity contribution >= 4 is 78.8 Å². The number of nitrogens with two attached hydrogens (primary N) is 1. The number of aromatic amines is 3. The number of anilines is 7. The van der Waals surface area contributed by atoms with Gasteiger partial charge in [-0.05, 0) is 73.7 Å². The molecule has 6 aliphatic heterocycles. The van der Waals surface area contributed by atoms with E-state index in [1.54, 1.807) is 24.8 Å². The van der Waals surface area contributed by atoms with Gasteiger partial charge in [-0.2, -0.15) is 15.3 Å². The number of ether oxygens (including phenoxy) is 3. The van der Waals surface area contributed by atoms with E-state index in [0.29, 0.717) is 19.8 Å². The summed E-state index contributed by atoms with van der Waals surface area (Å²) in [4.78, 5) is 54.7. The van der Waals surface area contributed by atoms with Gasteiger partial charge >= 0.3 is 0 Å². The predicted molar refractivity (Wildman–Crippen MR) is 338 cm³/mol.